The van der Waals surface area contributed by atoms with E-state index in [1.807, 2.05) is 11.3 Å². The number of benzene rings is 6. The molecule has 9 rings (SSSR count). The summed E-state index contributed by atoms with van der Waals surface area (Å²) in [6, 6.07) is 37.5. The maximum absolute atomic E-state index is 2.44. The Labute approximate surface area is 270 Å². The van der Waals surface area contributed by atoms with E-state index in [1.54, 1.807) is 0 Å². The monoisotopic (exact) mass is 596 g/mol. The average molecular weight is 597 g/mol. The summed E-state index contributed by atoms with van der Waals surface area (Å²) >= 11 is 2.02. The van der Waals surface area contributed by atoms with E-state index in [0.717, 1.165) is 0 Å². The molecule has 2 aliphatic carbocycles. The molecule has 2 aliphatic rings. The second kappa shape index (κ2) is 9.52. The summed E-state index contributed by atoms with van der Waals surface area (Å²) in [4.78, 5) is 0. The Kier molecular flexibility index (Phi) is 5.69. The highest BCUT2D eigenvalue weighted by Crippen LogP contribution is 2.58. The van der Waals surface area contributed by atoms with Crippen LogP contribution >= 0.6 is 11.3 Å². The Balaban J connectivity index is 1.34. The van der Waals surface area contributed by atoms with Crippen LogP contribution in [-0.4, -0.2) is 0 Å². The minimum absolute atomic E-state index is 0.259. The molecule has 0 aliphatic heterocycles. The van der Waals surface area contributed by atoms with Gasteiger partial charge in [0, 0.05) is 43.1 Å². The van der Waals surface area contributed by atoms with Crippen LogP contribution in [-0.2, 0) is 0 Å². The lowest BCUT2D eigenvalue weighted by molar-refractivity contribution is 0.976. The SMILES string of the molecule is Cc1cc(C)c(C2c3ccccc3-c3c2ccc2c3sc3c4c(ccc32)C(c2c(C)cc(C)cc2C)c2ccccc2-4)c(C)c1. The van der Waals surface area contributed by atoms with Crippen LogP contribution in [0.25, 0.3) is 42.4 Å². The molecule has 0 fully saturated rings. The molecular formula is C44H36S. The van der Waals surface area contributed by atoms with Crippen LogP contribution in [0.2, 0.25) is 0 Å². The fourth-order valence-corrected chi connectivity index (χ4v) is 10.6. The van der Waals surface area contributed by atoms with Gasteiger partial charge in [-0.05, 0) is 108 Å². The van der Waals surface area contributed by atoms with Crippen molar-refractivity contribution in [1.82, 2.24) is 0 Å². The summed E-state index contributed by atoms with van der Waals surface area (Å²) in [5.41, 5.74) is 22.6. The molecule has 2 atom stereocenters. The third kappa shape index (κ3) is 3.65. The smallest absolute Gasteiger partial charge is 0.0437 e. The van der Waals surface area contributed by atoms with Crippen LogP contribution in [0.5, 0.6) is 0 Å². The Morgan fingerprint density at radius 3 is 1.20 bits per heavy atom. The first-order valence-corrected chi connectivity index (χ1v) is 17.0. The molecule has 6 aromatic carbocycles. The predicted octanol–water partition coefficient (Wildman–Crippen LogP) is 12.2. The first-order valence-electron chi connectivity index (χ1n) is 16.2. The van der Waals surface area contributed by atoms with Gasteiger partial charge >= 0.3 is 0 Å². The Morgan fingerprint density at radius 1 is 0.422 bits per heavy atom. The number of hydrogen-bond donors (Lipinski definition) is 0. The number of hydrogen-bond acceptors (Lipinski definition) is 1. The van der Waals surface area contributed by atoms with Crippen molar-refractivity contribution in [1.29, 1.82) is 0 Å². The molecule has 2 unspecified atom stereocenters. The number of rotatable bonds is 2. The average Bonchev–Trinajstić information content (AvgIpc) is 3.65. The van der Waals surface area contributed by atoms with Gasteiger partial charge in [-0.2, -0.15) is 0 Å². The molecule has 1 heterocycles. The van der Waals surface area contributed by atoms with Crippen LogP contribution in [0.4, 0.5) is 0 Å². The highest BCUT2D eigenvalue weighted by molar-refractivity contribution is 7.27. The second-order valence-corrected chi connectivity index (χ2v) is 14.6. The summed E-state index contributed by atoms with van der Waals surface area (Å²) in [5, 5.41) is 2.76. The third-order valence-corrected chi connectivity index (χ3v) is 11.9. The minimum atomic E-state index is 0.259. The summed E-state index contributed by atoms with van der Waals surface area (Å²) < 4.78 is 2.86. The Bertz CT molecular complexity index is 2180. The molecule has 0 saturated carbocycles. The highest BCUT2D eigenvalue weighted by Gasteiger charge is 2.36. The normalized spacial score (nSPS) is 16.2. The molecule has 0 spiro atoms. The number of thiophene rings is 1. The molecule has 0 nitrogen and oxygen atoms in total. The van der Waals surface area contributed by atoms with E-state index in [4.69, 9.17) is 0 Å². The van der Waals surface area contributed by atoms with Crippen LogP contribution in [0.1, 0.15) is 78.6 Å². The highest BCUT2D eigenvalue weighted by atomic mass is 32.1. The molecule has 0 bridgehead atoms. The fourth-order valence-electron chi connectivity index (χ4n) is 9.17. The lowest BCUT2D eigenvalue weighted by Gasteiger charge is -2.20. The molecule has 0 saturated heterocycles. The molecule has 0 amide bonds. The van der Waals surface area contributed by atoms with Gasteiger partial charge in [0.15, 0.2) is 0 Å². The molecule has 1 heteroatoms. The first-order chi connectivity index (χ1) is 21.8. The van der Waals surface area contributed by atoms with Gasteiger partial charge in [-0.3, -0.25) is 0 Å². The van der Waals surface area contributed by atoms with E-state index in [2.05, 4.69) is 139 Å². The minimum Gasteiger partial charge on any atom is -0.134 e. The van der Waals surface area contributed by atoms with E-state index < -0.39 is 0 Å². The molecule has 7 aromatic rings. The van der Waals surface area contributed by atoms with Crippen molar-refractivity contribution in [2.75, 3.05) is 0 Å². The van der Waals surface area contributed by atoms with Crippen LogP contribution < -0.4 is 0 Å². The van der Waals surface area contributed by atoms with Gasteiger partial charge in [-0.1, -0.05) is 108 Å². The van der Waals surface area contributed by atoms with Gasteiger partial charge in [-0.15, -0.1) is 11.3 Å². The maximum Gasteiger partial charge on any atom is 0.0437 e. The largest absolute Gasteiger partial charge is 0.134 e. The Morgan fingerprint density at radius 2 is 0.800 bits per heavy atom. The third-order valence-electron chi connectivity index (χ3n) is 10.6. The van der Waals surface area contributed by atoms with Gasteiger partial charge in [0.1, 0.15) is 0 Å². The van der Waals surface area contributed by atoms with Crippen LogP contribution in [0.15, 0.2) is 97.1 Å². The molecular weight excluding hydrogens is 561 g/mol. The van der Waals surface area contributed by atoms with Crippen molar-refractivity contribution < 1.29 is 0 Å². The lowest BCUT2D eigenvalue weighted by Crippen LogP contribution is -2.05. The summed E-state index contributed by atoms with van der Waals surface area (Å²) in [6.07, 6.45) is 0. The second-order valence-electron chi connectivity index (χ2n) is 13.6. The molecule has 0 radical (unpaired) electrons. The lowest BCUT2D eigenvalue weighted by atomic mass is 9.83. The van der Waals surface area contributed by atoms with Crippen molar-refractivity contribution >= 4 is 31.5 Å². The zero-order chi connectivity index (χ0) is 30.7. The first kappa shape index (κ1) is 26.9. The van der Waals surface area contributed by atoms with Crippen LogP contribution in [0, 0.1) is 41.5 Å². The van der Waals surface area contributed by atoms with E-state index in [9.17, 15) is 0 Å². The van der Waals surface area contributed by atoms with Gasteiger partial charge < -0.3 is 0 Å². The maximum atomic E-state index is 2.44. The molecule has 0 N–H and O–H groups in total. The topological polar surface area (TPSA) is 0 Å². The van der Waals surface area contributed by atoms with E-state index >= 15 is 0 Å². The summed E-state index contributed by atoms with van der Waals surface area (Å²) in [6.45, 7) is 13.6. The number of aryl methyl sites for hydroxylation is 6. The number of fused-ring (bicyclic) bond motifs is 11. The van der Waals surface area contributed by atoms with Gasteiger partial charge in [-0.25, -0.2) is 0 Å². The molecule has 45 heavy (non-hydrogen) atoms. The van der Waals surface area contributed by atoms with Crippen molar-refractivity contribution in [3.63, 3.8) is 0 Å². The van der Waals surface area contributed by atoms with E-state index in [-0.39, 0.29) is 11.8 Å². The van der Waals surface area contributed by atoms with Gasteiger partial charge in [0.25, 0.3) is 0 Å². The van der Waals surface area contributed by atoms with Crippen LogP contribution in [0.3, 0.4) is 0 Å². The predicted molar refractivity (Wildman–Crippen MR) is 193 cm³/mol. The van der Waals surface area contributed by atoms with Crippen molar-refractivity contribution in [3.05, 3.63) is 164 Å². The summed E-state index contributed by atoms with van der Waals surface area (Å²) in [7, 11) is 0. The zero-order valence-corrected chi connectivity index (χ0v) is 27.6. The van der Waals surface area contributed by atoms with Crippen molar-refractivity contribution in [2.24, 2.45) is 0 Å². The fraction of sp³-hybridized carbons (Fsp3) is 0.182. The Hall–Kier alpha value is -4.46. The summed E-state index contributed by atoms with van der Waals surface area (Å²) in [5.74, 6) is 0.518. The zero-order valence-electron chi connectivity index (χ0n) is 26.8. The molecule has 218 valence electrons. The standard InChI is InChI=1S/C44H36S/c1-23-19-25(3)37(26(4)20-23)39-29-11-7-9-13-31(29)41-35(39)17-15-33-34-16-18-36-40(38-27(5)21-24(2)22-28(38)6)30-12-8-10-14-32(30)42(36)44(34)45-43(33)41/h7-22,39-40H,1-6H3. The van der Waals surface area contributed by atoms with Gasteiger partial charge in [0.2, 0.25) is 0 Å². The molecule has 1 aromatic heterocycles. The van der Waals surface area contributed by atoms with Gasteiger partial charge in [0.05, 0.1) is 0 Å². The van der Waals surface area contributed by atoms with E-state index in [0.29, 0.717) is 0 Å². The quantitative estimate of drug-likeness (QED) is 0.186. The van der Waals surface area contributed by atoms with Crippen molar-refractivity contribution in [2.45, 2.75) is 53.4 Å². The van der Waals surface area contributed by atoms with Crippen molar-refractivity contribution in [3.8, 4) is 22.3 Å². The van der Waals surface area contributed by atoms with E-state index in [1.165, 1.54) is 109 Å².